The lowest BCUT2D eigenvalue weighted by Gasteiger charge is -2.43. The molecule has 3 heterocycles. The first kappa shape index (κ1) is 24.4. The fraction of sp³-hybridized carbons (Fsp3) is 0.679. The van der Waals surface area contributed by atoms with Crippen LogP contribution in [-0.4, -0.2) is 72.3 Å². The van der Waals surface area contributed by atoms with E-state index < -0.39 is 0 Å². The van der Waals surface area contributed by atoms with E-state index in [2.05, 4.69) is 54.1 Å². The van der Waals surface area contributed by atoms with Crippen LogP contribution in [0.3, 0.4) is 0 Å². The Morgan fingerprint density at radius 1 is 1.11 bits per heavy atom. The molecule has 1 N–H and O–H groups in total. The summed E-state index contributed by atoms with van der Waals surface area (Å²) in [5, 5.41) is 4.50. The van der Waals surface area contributed by atoms with Crippen molar-refractivity contribution in [3.8, 4) is 0 Å². The Kier molecular flexibility index (Phi) is 7.26. The lowest BCUT2D eigenvalue weighted by molar-refractivity contribution is -0.126. The number of morpholine rings is 1. The molecular formula is C28H41N5O2. The number of aryl methyl sites for hydroxylation is 1. The van der Waals surface area contributed by atoms with Crippen molar-refractivity contribution in [2.45, 2.75) is 70.8 Å². The molecule has 3 aliphatic rings. The molecule has 190 valence electrons. The van der Waals surface area contributed by atoms with Gasteiger partial charge in [0.2, 0.25) is 11.9 Å². The molecule has 1 aromatic carbocycles. The first-order valence-corrected chi connectivity index (χ1v) is 13.6. The predicted octanol–water partition coefficient (Wildman–Crippen LogP) is 4.04. The van der Waals surface area contributed by atoms with Gasteiger partial charge in [-0.15, -0.1) is 0 Å². The molecule has 3 fully saturated rings. The Morgan fingerprint density at radius 2 is 1.83 bits per heavy atom. The maximum absolute atomic E-state index is 13.1. The second-order valence-electron chi connectivity index (χ2n) is 11.1. The minimum absolute atomic E-state index is 0.0737. The number of hydrogen-bond acceptors (Lipinski definition) is 6. The van der Waals surface area contributed by atoms with Crippen LogP contribution in [-0.2, 0) is 9.53 Å². The van der Waals surface area contributed by atoms with E-state index in [0.29, 0.717) is 5.92 Å². The molecule has 0 radical (unpaired) electrons. The number of carbonyl (C=O) groups is 1. The van der Waals surface area contributed by atoms with Gasteiger partial charge in [0.05, 0.1) is 24.4 Å². The standard InChI is InChI=1S/C28H41N5O2/c1-20(2)23-6-7-25-24(18-23)21(3)30-27(31-25)32-12-8-22(9-13-32)26(34)29-19-28(10-4-5-11-28)33-14-16-35-17-15-33/h6-7,18,20,22H,4-5,8-17,19H2,1-3H3,(H,29,34). The van der Waals surface area contributed by atoms with Crippen molar-refractivity contribution in [3.05, 3.63) is 29.5 Å². The van der Waals surface area contributed by atoms with Gasteiger partial charge in [0.1, 0.15) is 0 Å². The lowest BCUT2D eigenvalue weighted by Crippen LogP contribution is -2.58. The SMILES string of the molecule is Cc1nc(N2CCC(C(=O)NCC3(N4CCOCC4)CCCC3)CC2)nc2ccc(C(C)C)cc12. The van der Waals surface area contributed by atoms with Gasteiger partial charge in [-0.2, -0.15) is 0 Å². The van der Waals surface area contributed by atoms with Crippen molar-refractivity contribution in [2.24, 2.45) is 5.92 Å². The molecule has 7 heteroatoms. The highest BCUT2D eigenvalue weighted by atomic mass is 16.5. The van der Waals surface area contributed by atoms with Gasteiger partial charge < -0.3 is 15.0 Å². The second-order valence-corrected chi connectivity index (χ2v) is 11.1. The van der Waals surface area contributed by atoms with E-state index in [1.807, 2.05) is 0 Å². The fourth-order valence-electron chi connectivity index (χ4n) is 6.20. The quantitative estimate of drug-likeness (QED) is 0.674. The molecule has 2 aromatic rings. The van der Waals surface area contributed by atoms with Crippen LogP contribution in [0.15, 0.2) is 18.2 Å². The van der Waals surface area contributed by atoms with Crippen LogP contribution < -0.4 is 10.2 Å². The normalized spacial score (nSPS) is 21.7. The van der Waals surface area contributed by atoms with Crippen molar-refractivity contribution in [2.75, 3.05) is 50.8 Å². The Labute approximate surface area is 209 Å². The number of aromatic nitrogens is 2. The number of anilines is 1. The number of fused-ring (bicyclic) bond motifs is 1. The summed E-state index contributed by atoms with van der Waals surface area (Å²) in [7, 11) is 0. The highest BCUT2D eigenvalue weighted by Crippen LogP contribution is 2.35. The fourth-order valence-corrected chi connectivity index (χ4v) is 6.20. The average Bonchev–Trinajstić information content (AvgIpc) is 3.38. The summed E-state index contributed by atoms with van der Waals surface area (Å²) in [5.41, 5.74) is 3.47. The molecule has 1 saturated carbocycles. The molecule has 1 aliphatic carbocycles. The molecule has 35 heavy (non-hydrogen) atoms. The van der Waals surface area contributed by atoms with Crippen molar-refractivity contribution >= 4 is 22.8 Å². The molecule has 7 nitrogen and oxygen atoms in total. The van der Waals surface area contributed by atoms with Crippen molar-refractivity contribution in [3.63, 3.8) is 0 Å². The largest absolute Gasteiger partial charge is 0.379 e. The summed E-state index contributed by atoms with van der Waals surface area (Å²) in [6.07, 6.45) is 6.59. The molecule has 0 unspecified atom stereocenters. The van der Waals surface area contributed by atoms with E-state index in [9.17, 15) is 4.79 Å². The van der Waals surface area contributed by atoms with Crippen LogP contribution in [0.4, 0.5) is 5.95 Å². The zero-order chi connectivity index (χ0) is 24.4. The van der Waals surface area contributed by atoms with Crippen molar-refractivity contribution in [1.82, 2.24) is 20.2 Å². The van der Waals surface area contributed by atoms with E-state index in [1.54, 1.807) is 0 Å². The number of amides is 1. The van der Waals surface area contributed by atoms with Gasteiger partial charge >= 0.3 is 0 Å². The van der Waals surface area contributed by atoms with Gasteiger partial charge in [0, 0.05) is 49.6 Å². The van der Waals surface area contributed by atoms with Gasteiger partial charge in [-0.3, -0.25) is 9.69 Å². The van der Waals surface area contributed by atoms with Crippen molar-refractivity contribution in [1.29, 1.82) is 0 Å². The minimum Gasteiger partial charge on any atom is -0.379 e. The Hall–Kier alpha value is -2.25. The smallest absolute Gasteiger partial charge is 0.226 e. The number of benzene rings is 1. The maximum atomic E-state index is 13.1. The predicted molar refractivity (Wildman–Crippen MR) is 140 cm³/mol. The van der Waals surface area contributed by atoms with E-state index in [1.165, 1.54) is 31.2 Å². The summed E-state index contributed by atoms with van der Waals surface area (Å²) in [5.74, 6) is 1.58. The highest BCUT2D eigenvalue weighted by Gasteiger charge is 2.40. The van der Waals surface area contributed by atoms with Gasteiger partial charge in [0.15, 0.2) is 0 Å². The third kappa shape index (κ3) is 5.17. The zero-order valence-corrected chi connectivity index (χ0v) is 21.7. The first-order chi connectivity index (χ1) is 16.9. The summed E-state index contributed by atoms with van der Waals surface area (Å²) < 4.78 is 5.57. The molecule has 0 spiro atoms. The molecule has 0 atom stereocenters. The summed E-state index contributed by atoms with van der Waals surface area (Å²) >= 11 is 0. The Balaban J connectivity index is 1.19. The van der Waals surface area contributed by atoms with Crippen LogP contribution in [0, 0.1) is 12.8 Å². The van der Waals surface area contributed by atoms with Crippen LogP contribution in [0.5, 0.6) is 0 Å². The molecule has 1 aromatic heterocycles. The number of piperidine rings is 1. The van der Waals surface area contributed by atoms with Crippen molar-refractivity contribution < 1.29 is 9.53 Å². The summed E-state index contributed by atoms with van der Waals surface area (Å²) in [6, 6.07) is 6.52. The van der Waals surface area contributed by atoms with Gasteiger partial charge in [-0.1, -0.05) is 32.8 Å². The van der Waals surface area contributed by atoms with Crippen LogP contribution in [0.1, 0.15) is 69.5 Å². The monoisotopic (exact) mass is 479 g/mol. The maximum Gasteiger partial charge on any atom is 0.226 e. The van der Waals surface area contributed by atoms with Gasteiger partial charge in [0.25, 0.3) is 0 Å². The van der Waals surface area contributed by atoms with E-state index >= 15 is 0 Å². The molecule has 2 aliphatic heterocycles. The third-order valence-corrected chi connectivity index (χ3v) is 8.52. The number of nitrogens with zero attached hydrogens (tertiary/aromatic N) is 4. The molecular weight excluding hydrogens is 438 g/mol. The number of nitrogens with one attached hydrogen (secondary N) is 1. The number of ether oxygens (including phenoxy) is 1. The summed E-state index contributed by atoms with van der Waals surface area (Å²) in [6.45, 7) is 12.5. The zero-order valence-electron chi connectivity index (χ0n) is 21.7. The Morgan fingerprint density at radius 3 is 2.51 bits per heavy atom. The molecule has 1 amide bonds. The lowest BCUT2D eigenvalue weighted by atomic mass is 9.92. The molecule has 5 rings (SSSR count). The third-order valence-electron chi connectivity index (χ3n) is 8.52. The Bertz CT molecular complexity index is 1040. The van der Waals surface area contributed by atoms with Crippen LogP contribution in [0.25, 0.3) is 10.9 Å². The average molecular weight is 480 g/mol. The van der Waals surface area contributed by atoms with Crippen LogP contribution in [0.2, 0.25) is 0 Å². The van der Waals surface area contributed by atoms with Gasteiger partial charge in [-0.25, -0.2) is 9.97 Å². The molecule has 2 saturated heterocycles. The first-order valence-electron chi connectivity index (χ1n) is 13.6. The van der Waals surface area contributed by atoms with Crippen LogP contribution >= 0.6 is 0 Å². The van der Waals surface area contributed by atoms with E-state index in [-0.39, 0.29) is 17.4 Å². The minimum atomic E-state index is 0.0737. The number of rotatable bonds is 6. The molecule has 0 bridgehead atoms. The second kappa shape index (κ2) is 10.4. The topological polar surface area (TPSA) is 70.6 Å². The summed E-state index contributed by atoms with van der Waals surface area (Å²) in [4.78, 5) is 27.7. The highest BCUT2D eigenvalue weighted by molar-refractivity contribution is 5.83. The van der Waals surface area contributed by atoms with E-state index in [4.69, 9.17) is 14.7 Å². The van der Waals surface area contributed by atoms with Gasteiger partial charge in [-0.05, 0) is 56.2 Å². The number of hydrogen-bond donors (Lipinski definition) is 1. The number of carbonyl (C=O) groups excluding carboxylic acids is 1. The van der Waals surface area contributed by atoms with E-state index in [0.717, 1.165) is 81.3 Å².